The Bertz CT molecular complexity index is 620. The second kappa shape index (κ2) is 7.79. The van der Waals surface area contributed by atoms with Gasteiger partial charge in [-0.05, 0) is 43.5 Å². The summed E-state index contributed by atoms with van der Waals surface area (Å²) in [7, 11) is -1.94. The molecule has 6 nitrogen and oxygen atoms in total. The van der Waals surface area contributed by atoms with E-state index < -0.39 is 10.0 Å². The zero-order valence-corrected chi connectivity index (χ0v) is 14.4. The van der Waals surface area contributed by atoms with Crippen LogP contribution in [0.15, 0.2) is 29.2 Å². The molecule has 1 saturated heterocycles. The smallest absolute Gasteiger partial charge is 0.243 e. The van der Waals surface area contributed by atoms with E-state index in [1.165, 1.54) is 4.31 Å². The van der Waals surface area contributed by atoms with Gasteiger partial charge in [-0.15, -0.1) is 0 Å². The fraction of sp³-hybridized carbons (Fsp3) is 0.562. The van der Waals surface area contributed by atoms with Crippen LogP contribution < -0.4 is 10.1 Å². The van der Waals surface area contributed by atoms with Gasteiger partial charge in [-0.1, -0.05) is 6.92 Å². The van der Waals surface area contributed by atoms with Crippen LogP contribution in [0.2, 0.25) is 0 Å². The number of sulfonamides is 1. The molecule has 1 amide bonds. The maximum Gasteiger partial charge on any atom is 0.243 e. The van der Waals surface area contributed by atoms with E-state index in [2.05, 4.69) is 5.32 Å². The number of amides is 1. The molecule has 0 aromatic heterocycles. The second-order valence-electron chi connectivity index (χ2n) is 5.67. The molecule has 0 radical (unpaired) electrons. The Hall–Kier alpha value is -1.60. The predicted molar refractivity (Wildman–Crippen MR) is 87.8 cm³/mol. The SMILES string of the molecule is CCCC(=O)NC1CCN(S(=O)(=O)c2ccc(OC)cc2)CC1. The van der Waals surface area contributed by atoms with E-state index in [9.17, 15) is 13.2 Å². The van der Waals surface area contributed by atoms with Crippen LogP contribution >= 0.6 is 0 Å². The van der Waals surface area contributed by atoms with Crippen molar-refractivity contribution in [3.8, 4) is 5.75 Å². The lowest BCUT2D eigenvalue weighted by Crippen LogP contribution is -2.46. The Morgan fingerprint density at radius 2 is 1.87 bits per heavy atom. The molecule has 0 spiro atoms. The molecule has 0 atom stereocenters. The Morgan fingerprint density at radius 1 is 1.26 bits per heavy atom. The Morgan fingerprint density at radius 3 is 2.39 bits per heavy atom. The first kappa shape index (κ1) is 17.7. The van der Waals surface area contributed by atoms with Gasteiger partial charge in [0, 0.05) is 25.6 Å². The lowest BCUT2D eigenvalue weighted by Gasteiger charge is -2.31. The van der Waals surface area contributed by atoms with Gasteiger partial charge in [0.15, 0.2) is 0 Å². The van der Waals surface area contributed by atoms with Crippen molar-refractivity contribution in [3.05, 3.63) is 24.3 Å². The van der Waals surface area contributed by atoms with E-state index in [-0.39, 0.29) is 16.8 Å². The lowest BCUT2D eigenvalue weighted by atomic mass is 10.1. The number of carbonyl (C=O) groups is 1. The fourth-order valence-corrected chi connectivity index (χ4v) is 4.13. The summed E-state index contributed by atoms with van der Waals surface area (Å²) in [6.45, 7) is 2.81. The summed E-state index contributed by atoms with van der Waals surface area (Å²) in [4.78, 5) is 11.9. The number of rotatable bonds is 6. The number of ether oxygens (including phenoxy) is 1. The van der Waals surface area contributed by atoms with Crippen molar-refractivity contribution in [1.82, 2.24) is 9.62 Å². The molecule has 1 heterocycles. The first-order valence-corrected chi connectivity index (χ1v) is 9.35. The molecule has 1 aliphatic rings. The number of nitrogens with one attached hydrogen (secondary N) is 1. The van der Waals surface area contributed by atoms with E-state index in [1.54, 1.807) is 31.4 Å². The molecule has 1 aromatic carbocycles. The number of benzene rings is 1. The number of piperidine rings is 1. The fourth-order valence-electron chi connectivity index (χ4n) is 2.66. The maximum atomic E-state index is 12.6. The van der Waals surface area contributed by atoms with Crippen molar-refractivity contribution in [2.75, 3.05) is 20.2 Å². The third-order valence-corrected chi connectivity index (χ3v) is 5.91. The summed E-state index contributed by atoms with van der Waals surface area (Å²) in [5.41, 5.74) is 0. The number of hydrogen-bond acceptors (Lipinski definition) is 4. The average Bonchev–Trinajstić information content (AvgIpc) is 2.55. The molecule has 0 aliphatic carbocycles. The summed E-state index contributed by atoms with van der Waals surface area (Å²) in [5.74, 6) is 0.672. The second-order valence-corrected chi connectivity index (χ2v) is 7.61. The van der Waals surface area contributed by atoms with Crippen LogP contribution in [-0.4, -0.2) is 44.9 Å². The third-order valence-electron chi connectivity index (χ3n) is 3.99. The predicted octanol–water partition coefficient (Wildman–Crippen LogP) is 1.76. The van der Waals surface area contributed by atoms with Crippen LogP contribution in [0.4, 0.5) is 0 Å². The van der Waals surface area contributed by atoms with Crippen molar-refractivity contribution in [2.24, 2.45) is 0 Å². The van der Waals surface area contributed by atoms with Gasteiger partial charge < -0.3 is 10.1 Å². The maximum absolute atomic E-state index is 12.6. The Kier molecular flexibility index (Phi) is 6.01. The molecular weight excluding hydrogens is 316 g/mol. The Labute approximate surface area is 137 Å². The molecule has 2 rings (SSSR count). The van der Waals surface area contributed by atoms with Crippen LogP contribution in [0, 0.1) is 0 Å². The first-order valence-electron chi connectivity index (χ1n) is 7.91. The van der Waals surface area contributed by atoms with Crippen LogP contribution in [0.3, 0.4) is 0 Å². The van der Waals surface area contributed by atoms with Gasteiger partial charge >= 0.3 is 0 Å². The molecule has 0 saturated carbocycles. The average molecular weight is 340 g/mol. The highest BCUT2D eigenvalue weighted by molar-refractivity contribution is 7.89. The van der Waals surface area contributed by atoms with E-state index >= 15 is 0 Å². The van der Waals surface area contributed by atoms with Crippen molar-refractivity contribution in [3.63, 3.8) is 0 Å². The van der Waals surface area contributed by atoms with Gasteiger partial charge in [-0.25, -0.2) is 8.42 Å². The molecule has 1 fully saturated rings. The number of nitrogens with zero attached hydrogens (tertiary/aromatic N) is 1. The lowest BCUT2D eigenvalue weighted by molar-refractivity contribution is -0.122. The van der Waals surface area contributed by atoms with Crippen LogP contribution in [-0.2, 0) is 14.8 Å². The Balaban J connectivity index is 1.96. The highest BCUT2D eigenvalue weighted by atomic mass is 32.2. The molecular formula is C16H24N2O4S. The summed E-state index contributed by atoms with van der Waals surface area (Å²) in [6.07, 6.45) is 2.62. The van der Waals surface area contributed by atoms with Crippen molar-refractivity contribution >= 4 is 15.9 Å². The molecule has 1 aliphatic heterocycles. The summed E-state index contributed by atoms with van der Waals surface area (Å²) < 4.78 is 31.8. The zero-order chi connectivity index (χ0) is 16.9. The minimum Gasteiger partial charge on any atom is -0.497 e. The van der Waals surface area contributed by atoms with Gasteiger partial charge in [0.2, 0.25) is 15.9 Å². The van der Waals surface area contributed by atoms with Gasteiger partial charge in [0.05, 0.1) is 12.0 Å². The molecule has 0 bridgehead atoms. The van der Waals surface area contributed by atoms with Gasteiger partial charge in [0.1, 0.15) is 5.75 Å². The number of hydrogen-bond donors (Lipinski definition) is 1. The number of methoxy groups -OCH3 is 1. The molecule has 7 heteroatoms. The van der Waals surface area contributed by atoms with Crippen LogP contribution in [0.5, 0.6) is 5.75 Å². The highest BCUT2D eigenvalue weighted by Gasteiger charge is 2.29. The standard InChI is InChI=1S/C16H24N2O4S/c1-3-4-16(19)17-13-9-11-18(12-10-13)23(20,21)15-7-5-14(22-2)6-8-15/h5-8,13H,3-4,9-12H2,1-2H3,(H,17,19). The minimum absolute atomic E-state index is 0.0453. The molecule has 0 unspecified atom stereocenters. The molecule has 128 valence electrons. The first-order chi connectivity index (χ1) is 11.0. The number of carbonyl (C=O) groups excluding carboxylic acids is 1. The van der Waals surface area contributed by atoms with Gasteiger partial charge in [-0.3, -0.25) is 4.79 Å². The quantitative estimate of drug-likeness (QED) is 0.856. The van der Waals surface area contributed by atoms with E-state index in [4.69, 9.17) is 4.74 Å². The topological polar surface area (TPSA) is 75.7 Å². The normalized spacial score (nSPS) is 17.0. The van der Waals surface area contributed by atoms with Crippen molar-refractivity contribution in [2.45, 2.75) is 43.5 Å². The monoisotopic (exact) mass is 340 g/mol. The zero-order valence-electron chi connectivity index (χ0n) is 13.6. The van der Waals surface area contributed by atoms with Gasteiger partial charge in [0.25, 0.3) is 0 Å². The summed E-state index contributed by atoms with van der Waals surface area (Å²) >= 11 is 0. The van der Waals surface area contributed by atoms with Crippen LogP contribution in [0.25, 0.3) is 0 Å². The largest absolute Gasteiger partial charge is 0.497 e. The van der Waals surface area contributed by atoms with E-state index in [0.717, 1.165) is 6.42 Å². The summed E-state index contributed by atoms with van der Waals surface area (Å²) in [6, 6.07) is 6.47. The molecule has 1 N–H and O–H groups in total. The van der Waals surface area contributed by atoms with Crippen molar-refractivity contribution in [1.29, 1.82) is 0 Å². The van der Waals surface area contributed by atoms with Gasteiger partial charge in [-0.2, -0.15) is 4.31 Å². The van der Waals surface area contributed by atoms with E-state index in [1.807, 2.05) is 6.92 Å². The minimum atomic E-state index is -3.48. The van der Waals surface area contributed by atoms with Crippen molar-refractivity contribution < 1.29 is 17.9 Å². The molecule has 1 aromatic rings. The van der Waals surface area contributed by atoms with E-state index in [0.29, 0.717) is 38.1 Å². The summed E-state index contributed by atoms with van der Waals surface area (Å²) in [5, 5.41) is 2.97. The van der Waals surface area contributed by atoms with Crippen LogP contribution in [0.1, 0.15) is 32.6 Å². The highest BCUT2D eigenvalue weighted by Crippen LogP contribution is 2.22. The molecule has 23 heavy (non-hydrogen) atoms. The third kappa shape index (κ3) is 4.45.